The number of hydrogen-bond acceptors (Lipinski definition) is 1. The standard InChI is InChI=1S/C16H10ClF2NO.2C2H6/c1-9-5-10-3-2-4-14(17)15(10)16(21)20(9)13-7-11(18)6-12(19)8-13;2*1-2/h2-8H,1H3;2*1-2H3. The first-order valence-electron chi connectivity index (χ1n) is 8.25. The van der Waals surface area contributed by atoms with Crippen molar-refractivity contribution < 1.29 is 8.78 Å². The monoisotopic (exact) mass is 365 g/mol. The number of aryl methyl sites for hydroxylation is 1. The van der Waals surface area contributed by atoms with Gasteiger partial charge in [0.25, 0.3) is 5.56 Å². The van der Waals surface area contributed by atoms with E-state index in [0.29, 0.717) is 21.5 Å². The number of aromatic nitrogens is 1. The van der Waals surface area contributed by atoms with Crippen LogP contribution in [0.15, 0.2) is 47.3 Å². The molecule has 0 bridgehead atoms. The summed E-state index contributed by atoms with van der Waals surface area (Å²) in [5.74, 6) is -1.48. The third kappa shape index (κ3) is 4.45. The van der Waals surface area contributed by atoms with E-state index in [9.17, 15) is 13.6 Å². The van der Waals surface area contributed by atoms with Crippen LogP contribution in [0.3, 0.4) is 0 Å². The van der Waals surface area contributed by atoms with Crippen molar-refractivity contribution in [2.24, 2.45) is 0 Å². The van der Waals surface area contributed by atoms with E-state index in [1.54, 1.807) is 31.2 Å². The van der Waals surface area contributed by atoms with Crippen molar-refractivity contribution in [1.29, 1.82) is 0 Å². The van der Waals surface area contributed by atoms with Gasteiger partial charge in [-0.1, -0.05) is 51.4 Å². The summed E-state index contributed by atoms with van der Waals surface area (Å²) < 4.78 is 28.0. The Balaban J connectivity index is 0.000000730. The zero-order chi connectivity index (χ0) is 19.1. The molecule has 25 heavy (non-hydrogen) atoms. The van der Waals surface area contributed by atoms with E-state index in [-0.39, 0.29) is 5.69 Å². The van der Waals surface area contributed by atoms with Gasteiger partial charge in [-0.3, -0.25) is 9.36 Å². The highest BCUT2D eigenvalue weighted by Crippen LogP contribution is 2.22. The zero-order valence-electron chi connectivity index (χ0n) is 15.0. The maximum atomic E-state index is 13.4. The van der Waals surface area contributed by atoms with E-state index < -0.39 is 17.2 Å². The predicted molar refractivity (Wildman–Crippen MR) is 102 cm³/mol. The molecular weight excluding hydrogens is 344 g/mol. The average molecular weight is 366 g/mol. The molecule has 0 amide bonds. The Kier molecular flexibility index (Phi) is 7.78. The van der Waals surface area contributed by atoms with Crippen molar-refractivity contribution in [3.8, 4) is 5.69 Å². The van der Waals surface area contributed by atoms with Crippen LogP contribution >= 0.6 is 11.6 Å². The Labute approximate surface area is 151 Å². The van der Waals surface area contributed by atoms with E-state index >= 15 is 0 Å². The summed E-state index contributed by atoms with van der Waals surface area (Å²) in [6, 6.07) is 9.86. The van der Waals surface area contributed by atoms with Crippen LogP contribution in [0.25, 0.3) is 16.5 Å². The third-order valence-electron chi connectivity index (χ3n) is 3.29. The number of hydrogen-bond donors (Lipinski definition) is 0. The number of halogens is 3. The van der Waals surface area contributed by atoms with Gasteiger partial charge in [0, 0.05) is 11.8 Å². The highest BCUT2D eigenvalue weighted by atomic mass is 35.5. The van der Waals surface area contributed by atoms with Gasteiger partial charge in [0.2, 0.25) is 0 Å². The van der Waals surface area contributed by atoms with Gasteiger partial charge in [0.15, 0.2) is 0 Å². The number of benzene rings is 2. The zero-order valence-corrected chi connectivity index (χ0v) is 15.8. The van der Waals surface area contributed by atoms with Crippen LogP contribution < -0.4 is 5.56 Å². The molecule has 3 rings (SSSR count). The van der Waals surface area contributed by atoms with Crippen molar-refractivity contribution in [2.45, 2.75) is 34.6 Å². The van der Waals surface area contributed by atoms with Gasteiger partial charge in [-0.25, -0.2) is 8.78 Å². The number of fused-ring (bicyclic) bond motifs is 1. The molecule has 0 N–H and O–H groups in total. The number of rotatable bonds is 1. The van der Waals surface area contributed by atoms with Gasteiger partial charge in [0.05, 0.1) is 16.1 Å². The molecule has 2 nitrogen and oxygen atoms in total. The summed E-state index contributed by atoms with van der Waals surface area (Å²) in [5.41, 5.74) is 0.303. The quantitative estimate of drug-likeness (QED) is 0.497. The smallest absolute Gasteiger partial charge is 0.264 e. The largest absolute Gasteiger partial charge is 0.281 e. The Hall–Kier alpha value is -2.20. The second kappa shape index (κ2) is 9.33. The van der Waals surface area contributed by atoms with Crippen LogP contribution in [0, 0.1) is 18.6 Å². The van der Waals surface area contributed by atoms with Gasteiger partial charge in [0.1, 0.15) is 11.6 Å². The van der Waals surface area contributed by atoms with E-state index in [2.05, 4.69) is 0 Å². The fourth-order valence-corrected chi connectivity index (χ4v) is 2.70. The first kappa shape index (κ1) is 20.8. The van der Waals surface area contributed by atoms with Crippen LogP contribution in [-0.2, 0) is 0 Å². The molecule has 1 aromatic heterocycles. The number of nitrogens with zero attached hydrogens (tertiary/aromatic N) is 1. The molecule has 3 aromatic rings. The highest BCUT2D eigenvalue weighted by molar-refractivity contribution is 6.35. The van der Waals surface area contributed by atoms with Crippen LogP contribution in [0.2, 0.25) is 5.02 Å². The van der Waals surface area contributed by atoms with Crippen molar-refractivity contribution in [2.75, 3.05) is 0 Å². The lowest BCUT2D eigenvalue weighted by molar-refractivity contribution is 0.581. The predicted octanol–water partition coefficient (Wildman–Crippen LogP) is 6.28. The minimum atomic E-state index is -0.740. The second-order valence-corrected chi connectivity index (χ2v) is 5.17. The Bertz CT molecular complexity index is 899. The molecule has 134 valence electrons. The molecule has 0 spiro atoms. The maximum absolute atomic E-state index is 13.4. The average Bonchev–Trinajstić information content (AvgIpc) is 2.57. The van der Waals surface area contributed by atoms with Crippen LogP contribution in [0.5, 0.6) is 0 Å². The lowest BCUT2D eigenvalue weighted by Gasteiger charge is -2.12. The Morgan fingerprint density at radius 1 is 0.920 bits per heavy atom. The minimum absolute atomic E-state index is 0.136. The first-order valence-corrected chi connectivity index (χ1v) is 8.62. The molecule has 0 aliphatic heterocycles. The highest BCUT2D eigenvalue weighted by Gasteiger charge is 2.12. The SMILES string of the molecule is CC.CC.Cc1cc2cccc(Cl)c2c(=O)n1-c1cc(F)cc(F)c1. The summed E-state index contributed by atoms with van der Waals surface area (Å²) in [6.45, 7) is 9.70. The van der Waals surface area contributed by atoms with Crippen molar-refractivity contribution >= 4 is 22.4 Å². The van der Waals surface area contributed by atoms with Gasteiger partial charge >= 0.3 is 0 Å². The Morgan fingerprint density at radius 2 is 1.48 bits per heavy atom. The summed E-state index contributed by atoms with van der Waals surface area (Å²) in [4.78, 5) is 12.6. The van der Waals surface area contributed by atoms with Crippen molar-refractivity contribution in [1.82, 2.24) is 4.57 Å². The summed E-state index contributed by atoms with van der Waals surface area (Å²) >= 11 is 6.08. The minimum Gasteiger partial charge on any atom is -0.281 e. The lowest BCUT2D eigenvalue weighted by atomic mass is 10.1. The molecule has 0 radical (unpaired) electrons. The van der Waals surface area contributed by atoms with Gasteiger partial charge in [-0.2, -0.15) is 0 Å². The van der Waals surface area contributed by atoms with E-state index in [1.165, 1.54) is 4.57 Å². The molecule has 2 aromatic carbocycles. The third-order valence-corrected chi connectivity index (χ3v) is 3.60. The van der Waals surface area contributed by atoms with Crippen LogP contribution in [0.1, 0.15) is 33.4 Å². The van der Waals surface area contributed by atoms with Crippen LogP contribution in [-0.4, -0.2) is 4.57 Å². The molecule has 0 aliphatic rings. The summed E-state index contributed by atoms with van der Waals surface area (Å²) in [6.07, 6.45) is 0. The van der Waals surface area contributed by atoms with Crippen molar-refractivity contribution in [3.63, 3.8) is 0 Å². The summed E-state index contributed by atoms with van der Waals surface area (Å²) in [5, 5.41) is 1.33. The fourth-order valence-electron chi connectivity index (χ4n) is 2.44. The normalized spacial score (nSPS) is 9.76. The van der Waals surface area contributed by atoms with Gasteiger partial charge < -0.3 is 0 Å². The Morgan fingerprint density at radius 3 is 2.04 bits per heavy atom. The summed E-state index contributed by atoms with van der Waals surface area (Å²) in [7, 11) is 0. The van der Waals surface area contributed by atoms with Crippen molar-refractivity contribution in [3.05, 3.63) is 75.2 Å². The van der Waals surface area contributed by atoms with E-state index in [4.69, 9.17) is 11.6 Å². The van der Waals surface area contributed by atoms with Gasteiger partial charge in [-0.05, 0) is 36.6 Å². The topological polar surface area (TPSA) is 22.0 Å². The molecule has 0 aliphatic carbocycles. The molecule has 1 heterocycles. The van der Waals surface area contributed by atoms with Crippen LogP contribution in [0.4, 0.5) is 8.78 Å². The second-order valence-electron chi connectivity index (χ2n) is 4.76. The molecule has 0 saturated carbocycles. The first-order chi connectivity index (χ1) is 12.0. The van der Waals surface area contributed by atoms with Gasteiger partial charge in [-0.15, -0.1) is 0 Å². The number of pyridine rings is 1. The fraction of sp³-hybridized carbons (Fsp3) is 0.250. The lowest BCUT2D eigenvalue weighted by Crippen LogP contribution is -2.21. The molecular formula is C20H22ClF2NO. The molecule has 0 atom stereocenters. The molecule has 5 heteroatoms. The molecule has 0 unspecified atom stereocenters. The van der Waals surface area contributed by atoms with E-state index in [1.807, 2.05) is 27.7 Å². The molecule has 0 fully saturated rings. The maximum Gasteiger partial charge on any atom is 0.264 e. The molecule has 0 saturated heterocycles. The van der Waals surface area contributed by atoms with E-state index in [0.717, 1.165) is 18.2 Å².